The van der Waals surface area contributed by atoms with Gasteiger partial charge >= 0.3 is 5.97 Å². The van der Waals surface area contributed by atoms with Gasteiger partial charge in [-0.25, -0.2) is 14.3 Å². The molecule has 0 aliphatic carbocycles. The third-order valence-electron chi connectivity index (χ3n) is 2.33. The molecule has 17 heavy (non-hydrogen) atoms. The third kappa shape index (κ3) is 1.98. The predicted molar refractivity (Wildman–Crippen MR) is 63.4 cm³/mol. The van der Waals surface area contributed by atoms with Gasteiger partial charge in [0.1, 0.15) is 10.7 Å². The van der Waals surface area contributed by atoms with Gasteiger partial charge in [-0.3, -0.25) is 0 Å². The fourth-order valence-electron chi connectivity index (χ4n) is 1.64. The lowest BCUT2D eigenvalue weighted by Gasteiger charge is -2.01. The summed E-state index contributed by atoms with van der Waals surface area (Å²) < 4.78 is 6.42. The number of ether oxygens (including phenoxy) is 1. The van der Waals surface area contributed by atoms with Crippen molar-refractivity contribution < 1.29 is 9.53 Å². The second kappa shape index (κ2) is 4.33. The maximum absolute atomic E-state index is 11.8. The van der Waals surface area contributed by atoms with Crippen LogP contribution in [0, 0.1) is 13.8 Å². The van der Waals surface area contributed by atoms with Gasteiger partial charge in [0, 0.05) is 5.69 Å². The molecule has 0 unspecified atom stereocenters. The topological polar surface area (TPSA) is 56.5 Å². The van der Waals surface area contributed by atoms with Crippen LogP contribution in [0.1, 0.15) is 28.7 Å². The number of aromatic nitrogens is 3. The molecular weight excluding hydrogens is 242 g/mol. The molecule has 0 saturated carbocycles. The van der Waals surface area contributed by atoms with E-state index >= 15 is 0 Å². The van der Waals surface area contributed by atoms with Gasteiger partial charge in [-0.05, 0) is 26.8 Å². The van der Waals surface area contributed by atoms with Gasteiger partial charge in [-0.1, -0.05) is 11.6 Å². The van der Waals surface area contributed by atoms with E-state index in [2.05, 4.69) is 10.1 Å². The van der Waals surface area contributed by atoms with Crippen molar-refractivity contribution in [2.24, 2.45) is 0 Å². The van der Waals surface area contributed by atoms with Crippen molar-refractivity contribution in [1.82, 2.24) is 14.6 Å². The highest BCUT2D eigenvalue weighted by atomic mass is 35.5. The first-order valence-corrected chi connectivity index (χ1v) is 5.62. The molecule has 2 aromatic rings. The van der Waals surface area contributed by atoms with Crippen molar-refractivity contribution in [2.45, 2.75) is 20.8 Å². The van der Waals surface area contributed by atoms with Crippen molar-refractivity contribution in [3.8, 4) is 0 Å². The summed E-state index contributed by atoms with van der Waals surface area (Å²) in [5.41, 5.74) is 2.10. The number of hydrogen-bond donors (Lipinski definition) is 0. The maximum atomic E-state index is 11.8. The molecule has 0 aliphatic heterocycles. The first-order valence-electron chi connectivity index (χ1n) is 5.24. The quantitative estimate of drug-likeness (QED) is 0.608. The molecule has 2 aromatic heterocycles. The van der Waals surface area contributed by atoms with Crippen LogP contribution in [0.2, 0.25) is 5.15 Å². The van der Waals surface area contributed by atoms with Crippen molar-refractivity contribution in [1.29, 1.82) is 0 Å². The molecule has 0 bridgehead atoms. The Morgan fingerprint density at radius 3 is 2.88 bits per heavy atom. The molecule has 0 saturated heterocycles. The lowest BCUT2D eigenvalue weighted by atomic mass is 10.2. The van der Waals surface area contributed by atoms with E-state index in [-0.39, 0.29) is 0 Å². The zero-order chi connectivity index (χ0) is 12.6. The summed E-state index contributed by atoms with van der Waals surface area (Å²) in [7, 11) is 0. The highest BCUT2D eigenvalue weighted by Crippen LogP contribution is 2.19. The Morgan fingerprint density at radius 1 is 1.53 bits per heavy atom. The Hall–Kier alpha value is -1.62. The number of halogens is 1. The minimum Gasteiger partial charge on any atom is -0.462 e. The number of fused-ring (bicyclic) bond motifs is 1. The van der Waals surface area contributed by atoms with E-state index in [4.69, 9.17) is 16.3 Å². The molecule has 2 rings (SSSR count). The molecule has 0 aliphatic rings. The molecule has 5 nitrogen and oxygen atoms in total. The van der Waals surface area contributed by atoms with Gasteiger partial charge in [-0.15, -0.1) is 0 Å². The standard InChI is InChI=1S/C11H12ClN3O2/c1-4-17-11(16)9-7(3)14-15-8(12)5-6(2)13-10(9)15/h5H,4H2,1-3H3. The second-order valence-electron chi connectivity index (χ2n) is 3.64. The van der Waals surface area contributed by atoms with E-state index in [0.717, 1.165) is 5.69 Å². The van der Waals surface area contributed by atoms with Gasteiger partial charge in [0.2, 0.25) is 0 Å². The van der Waals surface area contributed by atoms with Crippen LogP contribution in [-0.4, -0.2) is 27.2 Å². The third-order valence-corrected chi connectivity index (χ3v) is 2.60. The molecule has 0 amide bonds. The number of nitrogens with zero attached hydrogens (tertiary/aromatic N) is 3. The van der Waals surface area contributed by atoms with Gasteiger partial charge in [0.15, 0.2) is 5.65 Å². The van der Waals surface area contributed by atoms with Gasteiger partial charge < -0.3 is 4.74 Å². The number of rotatable bonds is 2. The largest absolute Gasteiger partial charge is 0.462 e. The highest BCUT2D eigenvalue weighted by molar-refractivity contribution is 6.29. The summed E-state index contributed by atoms with van der Waals surface area (Å²) in [6.45, 7) is 5.61. The summed E-state index contributed by atoms with van der Waals surface area (Å²) in [5.74, 6) is -0.422. The Labute approximate surface area is 103 Å². The van der Waals surface area contributed by atoms with Gasteiger partial charge in [0.25, 0.3) is 0 Å². The minimum atomic E-state index is -0.422. The average Bonchev–Trinajstić information content (AvgIpc) is 2.55. The van der Waals surface area contributed by atoms with Crippen LogP contribution in [0.5, 0.6) is 0 Å². The zero-order valence-corrected chi connectivity index (χ0v) is 10.6. The Bertz CT molecular complexity index is 592. The number of aryl methyl sites for hydroxylation is 2. The Morgan fingerprint density at radius 2 is 2.24 bits per heavy atom. The Balaban J connectivity index is 2.70. The summed E-state index contributed by atoms with van der Waals surface area (Å²) >= 11 is 6.04. The molecule has 90 valence electrons. The van der Waals surface area contributed by atoms with E-state index in [0.29, 0.717) is 28.7 Å². The molecule has 0 N–H and O–H groups in total. The van der Waals surface area contributed by atoms with Crippen LogP contribution in [0.3, 0.4) is 0 Å². The van der Waals surface area contributed by atoms with Gasteiger partial charge in [0.05, 0.1) is 12.3 Å². The SMILES string of the molecule is CCOC(=O)c1c(C)nn2c(Cl)cc(C)nc12. The minimum absolute atomic E-state index is 0.315. The molecule has 6 heteroatoms. The van der Waals surface area contributed by atoms with Crippen LogP contribution in [0.15, 0.2) is 6.07 Å². The van der Waals surface area contributed by atoms with E-state index in [1.165, 1.54) is 4.52 Å². The summed E-state index contributed by atoms with van der Waals surface area (Å²) in [4.78, 5) is 16.1. The smallest absolute Gasteiger partial charge is 0.343 e. The number of hydrogen-bond acceptors (Lipinski definition) is 4. The van der Waals surface area contributed by atoms with Crippen LogP contribution < -0.4 is 0 Å². The molecule has 2 heterocycles. The maximum Gasteiger partial charge on any atom is 0.343 e. The molecule has 0 fully saturated rings. The van der Waals surface area contributed by atoms with Crippen molar-refractivity contribution in [2.75, 3.05) is 6.61 Å². The first kappa shape index (κ1) is 11.9. The van der Waals surface area contributed by atoms with Crippen molar-refractivity contribution >= 4 is 23.2 Å². The molecular formula is C11H12ClN3O2. The molecule has 0 spiro atoms. The van der Waals surface area contributed by atoms with Crippen LogP contribution in [0.25, 0.3) is 5.65 Å². The molecule has 0 radical (unpaired) electrons. The number of carbonyl (C=O) groups excluding carboxylic acids is 1. The van der Waals surface area contributed by atoms with E-state index in [1.54, 1.807) is 19.9 Å². The monoisotopic (exact) mass is 253 g/mol. The lowest BCUT2D eigenvalue weighted by Crippen LogP contribution is -2.06. The lowest BCUT2D eigenvalue weighted by molar-refractivity contribution is 0.0527. The van der Waals surface area contributed by atoms with Crippen molar-refractivity contribution in [3.05, 3.63) is 28.2 Å². The predicted octanol–water partition coefficient (Wildman–Crippen LogP) is 2.18. The second-order valence-corrected chi connectivity index (χ2v) is 4.02. The average molecular weight is 254 g/mol. The Kier molecular flexibility index (Phi) is 3.02. The van der Waals surface area contributed by atoms with Crippen molar-refractivity contribution in [3.63, 3.8) is 0 Å². The highest BCUT2D eigenvalue weighted by Gasteiger charge is 2.20. The van der Waals surface area contributed by atoms with E-state index in [9.17, 15) is 4.79 Å². The summed E-state index contributed by atoms with van der Waals surface area (Å²) in [5, 5.41) is 4.60. The van der Waals surface area contributed by atoms with Crippen LogP contribution in [0.4, 0.5) is 0 Å². The normalized spacial score (nSPS) is 10.8. The van der Waals surface area contributed by atoms with Gasteiger partial charge in [-0.2, -0.15) is 5.10 Å². The molecule has 0 aromatic carbocycles. The molecule has 0 atom stereocenters. The van der Waals surface area contributed by atoms with E-state index in [1.807, 2.05) is 6.92 Å². The summed E-state index contributed by atoms with van der Waals surface area (Å²) in [6, 6.07) is 1.69. The number of esters is 1. The number of carbonyl (C=O) groups is 1. The van der Waals surface area contributed by atoms with Crippen LogP contribution in [-0.2, 0) is 4.74 Å². The first-order chi connectivity index (χ1) is 8.04. The zero-order valence-electron chi connectivity index (χ0n) is 9.82. The van der Waals surface area contributed by atoms with E-state index < -0.39 is 5.97 Å². The van der Waals surface area contributed by atoms with Crippen LogP contribution >= 0.6 is 11.6 Å². The summed E-state index contributed by atoms with van der Waals surface area (Å²) in [6.07, 6.45) is 0. The fraction of sp³-hybridized carbons (Fsp3) is 0.364. The fourth-order valence-corrected chi connectivity index (χ4v) is 1.92.